The summed E-state index contributed by atoms with van der Waals surface area (Å²) < 4.78 is 0. The molecule has 3 nitrogen and oxygen atoms in total. The standard InChI is InChI=1S/C15H23NO2/c1-15(2,14(17)18)10-12-16-11-6-9-13-7-4-3-5-8-13/h3-5,7-8,16H,6,9-12H2,1-2H3,(H,17,18). The second-order valence-electron chi connectivity index (χ2n) is 5.28. The van der Waals surface area contributed by atoms with Crippen molar-refractivity contribution in [1.82, 2.24) is 5.32 Å². The van der Waals surface area contributed by atoms with E-state index in [4.69, 9.17) is 5.11 Å². The molecule has 0 bridgehead atoms. The van der Waals surface area contributed by atoms with E-state index >= 15 is 0 Å². The molecule has 2 N–H and O–H groups in total. The van der Waals surface area contributed by atoms with Crippen molar-refractivity contribution in [2.24, 2.45) is 5.41 Å². The minimum Gasteiger partial charge on any atom is -0.481 e. The lowest BCUT2D eigenvalue weighted by Gasteiger charge is -2.18. The molecule has 0 fully saturated rings. The van der Waals surface area contributed by atoms with Crippen LogP contribution in [0.5, 0.6) is 0 Å². The van der Waals surface area contributed by atoms with Gasteiger partial charge in [0.2, 0.25) is 0 Å². The summed E-state index contributed by atoms with van der Waals surface area (Å²) >= 11 is 0. The highest BCUT2D eigenvalue weighted by Gasteiger charge is 2.25. The van der Waals surface area contributed by atoms with Gasteiger partial charge in [0, 0.05) is 0 Å². The summed E-state index contributed by atoms with van der Waals surface area (Å²) in [5, 5.41) is 12.3. The van der Waals surface area contributed by atoms with Gasteiger partial charge in [-0.15, -0.1) is 0 Å². The molecule has 0 saturated heterocycles. The highest BCUT2D eigenvalue weighted by atomic mass is 16.4. The molecule has 100 valence electrons. The molecule has 0 aliphatic heterocycles. The van der Waals surface area contributed by atoms with Crippen LogP contribution in [0.1, 0.15) is 32.3 Å². The lowest BCUT2D eigenvalue weighted by Crippen LogP contribution is -2.29. The Morgan fingerprint density at radius 3 is 2.50 bits per heavy atom. The topological polar surface area (TPSA) is 49.3 Å². The van der Waals surface area contributed by atoms with Crippen LogP contribution in [0.4, 0.5) is 0 Å². The molecule has 0 aromatic heterocycles. The van der Waals surface area contributed by atoms with Crippen LogP contribution >= 0.6 is 0 Å². The maximum absolute atomic E-state index is 10.9. The molecule has 0 unspecified atom stereocenters. The third kappa shape index (κ3) is 5.32. The molecular formula is C15H23NO2. The van der Waals surface area contributed by atoms with Gasteiger partial charge in [0.1, 0.15) is 0 Å². The van der Waals surface area contributed by atoms with Gasteiger partial charge in [0.05, 0.1) is 5.41 Å². The molecule has 0 spiro atoms. The van der Waals surface area contributed by atoms with Crippen molar-refractivity contribution >= 4 is 5.97 Å². The lowest BCUT2D eigenvalue weighted by molar-refractivity contribution is -0.147. The van der Waals surface area contributed by atoms with Crippen molar-refractivity contribution in [3.05, 3.63) is 35.9 Å². The van der Waals surface area contributed by atoms with E-state index in [1.807, 2.05) is 6.07 Å². The predicted octanol–water partition coefficient (Wildman–Crippen LogP) is 2.71. The Balaban J connectivity index is 2.08. The molecule has 0 amide bonds. The summed E-state index contributed by atoms with van der Waals surface area (Å²) in [6.45, 7) is 5.22. The number of aliphatic carboxylic acids is 1. The van der Waals surface area contributed by atoms with Crippen LogP contribution < -0.4 is 5.32 Å². The SMILES string of the molecule is CC(C)(CCNCCCc1ccccc1)C(=O)O. The van der Waals surface area contributed by atoms with Crippen LogP contribution in [-0.2, 0) is 11.2 Å². The first-order valence-corrected chi connectivity index (χ1v) is 6.50. The van der Waals surface area contributed by atoms with Crippen molar-refractivity contribution in [3.63, 3.8) is 0 Å². The molecule has 0 aliphatic rings. The van der Waals surface area contributed by atoms with Crippen LogP contribution in [0.2, 0.25) is 0 Å². The molecule has 1 aromatic carbocycles. The van der Waals surface area contributed by atoms with E-state index in [0.717, 1.165) is 25.9 Å². The maximum atomic E-state index is 10.9. The fourth-order valence-corrected chi connectivity index (χ4v) is 1.70. The predicted molar refractivity (Wildman–Crippen MR) is 73.7 cm³/mol. The van der Waals surface area contributed by atoms with Crippen LogP contribution in [0.3, 0.4) is 0 Å². The molecule has 1 aromatic rings. The van der Waals surface area contributed by atoms with Crippen molar-refractivity contribution in [2.45, 2.75) is 33.1 Å². The summed E-state index contributed by atoms with van der Waals surface area (Å²) in [4.78, 5) is 10.9. The number of rotatable bonds is 8. The Bertz CT molecular complexity index is 360. The number of nitrogens with one attached hydrogen (secondary N) is 1. The molecule has 1 rings (SSSR count). The van der Waals surface area contributed by atoms with E-state index < -0.39 is 11.4 Å². The van der Waals surface area contributed by atoms with Gasteiger partial charge >= 0.3 is 5.97 Å². The smallest absolute Gasteiger partial charge is 0.309 e. The quantitative estimate of drug-likeness (QED) is 0.696. The van der Waals surface area contributed by atoms with E-state index in [1.165, 1.54) is 5.56 Å². The minimum atomic E-state index is -0.728. The molecule has 3 heteroatoms. The second kappa shape index (κ2) is 7.17. The molecule has 0 aliphatic carbocycles. The summed E-state index contributed by atoms with van der Waals surface area (Å²) in [7, 11) is 0. The Kier molecular flexibility index (Phi) is 5.86. The van der Waals surface area contributed by atoms with Gasteiger partial charge in [0.15, 0.2) is 0 Å². The van der Waals surface area contributed by atoms with E-state index in [0.29, 0.717) is 6.42 Å². The van der Waals surface area contributed by atoms with Crippen LogP contribution in [-0.4, -0.2) is 24.2 Å². The number of carbonyl (C=O) groups is 1. The molecule has 0 heterocycles. The van der Waals surface area contributed by atoms with Gasteiger partial charge in [-0.3, -0.25) is 4.79 Å². The number of carboxylic acid groups (broad SMARTS) is 1. The Morgan fingerprint density at radius 1 is 1.22 bits per heavy atom. The van der Waals surface area contributed by atoms with E-state index in [2.05, 4.69) is 29.6 Å². The Hall–Kier alpha value is -1.35. The van der Waals surface area contributed by atoms with Crippen molar-refractivity contribution in [2.75, 3.05) is 13.1 Å². The highest BCUT2D eigenvalue weighted by Crippen LogP contribution is 2.19. The average molecular weight is 249 g/mol. The van der Waals surface area contributed by atoms with Crippen LogP contribution in [0.15, 0.2) is 30.3 Å². The highest BCUT2D eigenvalue weighted by molar-refractivity contribution is 5.73. The summed E-state index contributed by atoms with van der Waals surface area (Å²) in [5.74, 6) is -0.728. The van der Waals surface area contributed by atoms with Crippen LogP contribution in [0.25, 0.3) is 0 Å². The third-order valence-corrected chi connectivity index (χ3v) is 3.17. The van der Waals surface area contributed by atoms with E-state index in [9.17, 15) is 4.79 Å². The number of carboxylic acids is 1. The molecule has 18 heavy (non-hydrogen) atoms. The summed E-state index contributed by atoms with van der Waals surface area (Å²) in [5.41, 5.74) is 0.719. The van der Waals surface area contributed by atoms with Gasteiger partial charge in [0.25, 0.3) is 0 Å². The van der Waals surface area contributed by atoms with Gasteiger partial charge < -0.3 is 10.4 Å². The number of benzene rings is 1. The van der Waals surface area contributed by atoms with Crippen molar-refractivity contribution < 1.29 is 9.90 Å². The Morgan fingerprint density at radius 2 is 1.89 bits per heavy atom. The van der Waals surface area contributed by atoms with Crippen LogP contribution in [0, 0.1) is 5.41 Å². The number of hydrogen-bond donors (Lipinski definition) is 2. The molecular weight excluding hydrogens is 226 g/mol. The lowest BCUT2D eigenvalue weighted by atomic mass is 9.90. The third-order valence-electron chi connectivity index (χ3n) is 3.17. The fourth-order valence-electron chi connectivity index (χ4n) is 1.70. The van der Waals surface area contributed by atoms with Gasteiger partial charge in [-0.1, -0.05) is 30.3 Å². The molecule has 0 saturated carbocycles. The second-order valence-corrected chi connectivity index (χ2v) is 5.28. The molecule has 0 atom stereocenters. The Labute approximate surface area is 109 Å². The summed E-state index contributed by atoms with van der Waals surface area (Å²) in [6.07, 6.45) is 2.81. The normalized spacial score (nSPS) is 11.4. The minimum absolute atomic E-state index is 0.633. The van der Waals surface area contributed by atoms with Gasteiger partial charge in [-0.2, -0.15) is 0 Å². The van der Waals surface area contributed by atoms with Gasteiger partial charge in [-0.05, 0) is 51.8 Å². The fraction of sp³-hybridized carbons (Fsp3) is 0.533. The number of aryl methyl sites for hydroxylation is 1. The summed E-state index contributed by atoms with van der Waals surface area (Å²) in [6, 6.07) is 10.4. The first kappa shape index (κ1) is 14.7. The first-order valence-electron chi connectivity index (χ1n) is 6.50. The first-order chi connectivity index (χ1) is 8.52. The number of hydrogen-bond acceptors (Lipinski definition) is 2. The van der Waals surface area contributed by atoms with E-state index in [1.54, 1.807) is 13.8 Å². The largest absolute Gasteiger partial charge is 0.481 e. The van der Waals surface area contributed by atoms with Crippen molar-refractivity contribution in [3.8, 4) is 0 Å². The molecule has 0 radical (unpaired) electrons. The van der Waals surface area contributed by atoms with Gasteiger partial charge in [-0.25, -0.2) is 0 Å². The monoisotopic (exact) mass is 249 g/mol. The zero-order chi connectivity index (χ0) is 13.4. The zero-order valence-corrected chi connectivity index (χ0v) is 11.3. The maximum Gasteiger partial charge on any atom is 0.309 e. The zero-order valence-electron chi connectivity index (χ0n) is 11.3. The van der Waals surface area contributed by atoms with Crippen molar-refractivity contribution in [1.29, 1.82) is 0 Å². The van der Waals surface area contributed by atoms with E-state index in [-0.39, 0.29) is 0 Å². The average Bonchev–Trinajstić information content (AvgIpc) is 2.34.